The average molecular weight is 330 g/mol. The first kappa shape index (κ1) is 17.1. The molecule has 1 aliphatic heterocycles. The van der Waals surface area contributed by atoms with Crippen LogP contribution in [0.5, 0.6) is 0 Å². The summed E-state index contributed by atoms with van der Waals surface area (Å²) in [6.45, 7) is 7.16. The highest BCUT2D eigenvalue weighted by Gasteiger charge is 2.24. The molecule has 130 valence electrons. The summed E-state index contributed by atoms with van der Waals surface area (Å²) in [7, 11) is 0. The molecule has 0 aliphatic carbocycles. The average Bonchev–Trinajstić information content (AvgIpc) is 3.10. The van der Waals surface area contributed by atoms with Gasteiger partial charge in [0, 0.05) is 50.8 Å². The van der Waals surface area contributed by atoms with Gasteiger partial charge in [-0.25, -0.2) is 4.98 Å². The third-order valence-corrected chi connectivity index (χ3v) is 4.24. The van der Waals surface area contributed by atoms with Gasteiger partial charge in [-0.05, 0) is 24.6 Å². The molecule has 1 aromatic heterocycles. The van der Waals surface area contributed by atoms with Crippen LogP contribution in [0.1, 0.15) is 12.5 Å². The van der Waals surface area contributed by atoms with Crippen molar-refractivity contribution in [3.05, 3.63) is 48.5 Å². The molecule has 3 rings (SSSR count). The fourth-order valence-electron chi connectivity index (χ4n) is 2.97. The number of aliphatic hydroxyl groups is 1. The van der Waals surface area contributed by atoms with E-state index in [-0.39, 0.29) is 0 Å². The number of imidazole rings is 1. The van der Waals surface area contributed by atoms with Crippen molar-refractivity contribution in [2.75, 3.05) is 39.4 Å². The summed E-state index contributed by atoms with van der Waals surface area (Å²) in [5.74, 6) is 0. The van der Waals surface area contributed by atoms with E-state index in [9.17, 15) is 5.11 Å². The first-order valence-electron chi connectivity index (χ1n) is 8.43. The standard InChI is InChI=1S/C18H26N4O2/c1-18(23,14-21-8-10-24-11-9-21)13-20-12-16-2-4-17(5-3-16)22-7-6-19-15-22/h2-7,15,20,23H,8-14H2,1H3. The third-order valence-electron chi connectivity index (χ3n) is 4.24. The van der Waals surface area contributed by atoms with E-state index in [0.717, 1.165) is 38.5 Å². The molecule has 0 spiro atoms. The molecule has 1 fully saturated rings. The van der Waals surface area contributed by atoms with Gasteiger partial charge in [0.05, 0.1) is 25.1 Å². The van der Waals surface area contributed by atoms with Gasteiger partial charge in [0.1, 0.15) is 0 Å². The Morgan fingerprint density at radius 1 is 1.25 bits per heavy atom. The van der Waals surface area contributed by atoms with Crippen LogP contribution in [0.3, 0.4) is 0 Å². The number of rotatable bonds is 7. The zero-order chi connectivity index (χ0) is 16.8. The Kier molecular flexibility index (Phi) is 5.63. The third kappa shape index (κ3) is 4.88. The van der Waals surface area contributed by atoms with Gasteiger partial charge in [-0.15, -0.1) is 0 Å². The quantitative estimate of drug-likeness (QED) is 0.794. The highest BCUT2D eigenvalue weighted by molar-refractivity contribution is 5.34. The van der Waals surface area contributed by atoms with Crippen LogP contribution in [0, 0.1) is 0 Å². The van der Waals surface area contributed by atoms with Gasteiger partial charge in [0.25, 0.3) is 0 Å². The van der Waals surface area contributed by atoms with Crippen LogP contribution >= 0.6 is 0 Å². The molecule has 2 aromatic rings. The van der Waals surface area contributed by atoms with Crippen LogP contribution in [0.25, 0.3) is 5.69 Å². The van der Waals surface area contributed by atoms with Crippen molar-refractivity contribution in [2.24, 2.45) is 0 Å². The second-order valence-electron chi connectivity index (χ2n) is 6.63. The van der Waals surface area contributed by atoms with Gasteiger partial charge in [-0.3, -0.25) is 4.90 Å². The number of morpholine rings is 1. The largest absolute Gasteiger partial charge is 0.388 e. The molecular formula is C18H26N4O2. The molecule has 6 heteroatoms. The Bertz CT molecular complexity index is 604. The van der Waals surface area contributed by atoms with Crippen LogP contribution in [0.2, 0.25) is 0 Å². The smallest absolute Gasteiger partial charge is 0.0991 e. The maximum Gasteiger partial charge on any atom is 0.0991 e. The topological polar surface area (TPSA) is 62.5 Å². The van der Waals surface area contributed by atoms with E-state index >= 15 is 0 Å². The van der Waals surface area contributed by atoms with Crippen LogP contribution in [0.15, 0.2) is 43.0 Å². The Hall–Kier alpha value is -1.73. The fourth-order valence-corrected chi connectivity index (χ4v) is 2.97. The van der Waals surface area contributed by atoms with E-state index in [1.807, 2.05) is 17.7 Å². The van der Waals surface area contributed by atoms with Crippen molar-refractivity contribution in [1.29, 1.82) is 0 Å². The van der Waals surface area contributed by atoms with E-state index in [0.29, 0.717) is 13.1 Å². The predicted octanol–water partition coefficient (Wildman–Crippen LogP) is 1.05. The monoisotopic (exact) mass is 330 g/mol. The maximum absolute atomic E-state index is 10.6. The van der Waals surface area contributed by atoms with Crippen molar-refractivity contribution >= 4 is 0 Å². The van der Waals surface area contributed by atoms with Crippen LogP contribution in [0.4, 0.5) is 0 Å². The Labute approximate surface area is 143 Å². The number of aromatic nitrogens is 2. The minimum atomic E-state index is -0.742. The first-order valence-corrected chi connectivity index (χ1v) is 8.43. The number of nitrogens with zero attached hydrogens (tertiary/aromatic N) is 3. The highest BCUT2D eigenvalue weighted by Crippen LogP contribution is 2.11. The van der Waals surface area contributed by atoms with Crippen LogP contribution < -0.4 is 5.32 Å². The Balaban J connectivity index is 1.45. The number of hydrogen-bond acceptors (Lipinski definition) is 5. The molecular weight excluding hydrogens is 304 g/mol. The van der Waals surface area contributed by atoms with Crippen molar-refractivity contribution in [3.8, 4) is 5.69 Å². The molecule has 2 heterocycles. The number of ether oxygens (including phenoxy) is 1. The van der Waals surface area contributed by atoms with E-state index in [1.54, 1.807) is 12.5 Å². The molecule has 1 saturated heterocycles. The van der Waals surface area contributed by atoms with Gasteiger partial charge < -0.3 is 19.7 Å². The second-order valence-corrected chi connectivity index (χ2v) is 6.63. The molecule has 2 N–H and O–H groups in total. The predicted molar refractivity (Wildman–Crippen MR) is 93.2 cm³/mol. The normalized spacial score (nSPS) is 18.4. The zero-order valence-corrected chi connectivity index (χ0v) is 14.2. The second kappa shape index (κ2) is 7.90. The number of β-amino-alcohol motifs (C(OH)–C–C–N with tert-alkyl or cyclic N) is 1. The lowest BCUT2D eigenvalue weighted by Gasteiger charge is -2.34. The summed E-state index contributed by atoms with van der Waals surface area (Å²) < 4.78 is 7.32. The Morgan fingerprint density at radius 2 is 2.00 bits per heavy atom. The molecule has 0 saturated carbocycles. The lowest BCUT2D eigenvalue weighted by molar-refractivity contribution is -0.0219. The molecule has 1 aliphatic rings. The van der Waals surface area contributed by atoms with Gasteiger partial charge in [0.15, 0.2) is 0 Å². The first-order chi connectivity index (χ1) is 11.6. The van der Waals surface area contributed by atoms with Gasteiger partial charge >= 0.3 is 0 Å². The van der Waals surface area contributed by atoms with Crippen LogP contribution in [-0.2, 0) is 11.3 Å². The summed E-state index contributed by atoms with van der Waals surface area (Å²) in [5.41, 5.74) is 1.55. The molecule has 1 atom stereocenters. The van der Waals surface area contributed by atoms with E-state index in [1.165, 1.54) is 5.56 Å². The van der Waals surface area contributed by atoms with Crippen molar-refractivity contribution < 1.29 is 9.84 Å². The Morgan fingerprint density at radius 3 is 2.67 bits per heavy atom. The minimum Gasteiger partial charge on any atom is -0.388 e. The van der Waals surface area contributed by atoms with E-state index < -0.39 is 5.60 Å². The summed E-state index contributed by atoms with van der Waals surface area (Å²) in [6.07, 6.45) is 5.48. The van der Waals surface area contributed by atoms with Crippen LogP contribution in [-0.4, -0.2) is 64.6 Å². The van der Waals surface area contributed by atoms with Gasteiger partial charge in [-0.2, -0.15) is 0 Å². The zero-order valence-electron chi connectivity index (χ0n) is 14.2. The number of benzene rings is 1. The molecule has 1 aromatic carbocycles. The van der Waals surface area contributed by atoms with E-state index in [4.69, 9.17) is 4.74 Å². The SMILES string of the molecule is CC(O)(CNCc1ccc(-n2ccnc2)cc1)CN1CCOCC1. The lowest BCUT2D eigenvalue weighted by Crippen LogP contribution is -2.50. The molecule has 6 nitrogen and oxygen atoms in total. The highest BCUT2D eigenvalue weighted by atomic mass is 16.5. The summed E-state index contributed by atoms with van der Waals surface area (Å²) in [4.78, 5) is 6.31. The van der Waals surface area contributed by atoms with Gasteiger partial charge in [0.2, 0.25) is 0 Å². The molecule has 24 heavy (non-hydrogen) atoms. The number of nitrogens with one attached hydrogen (secondary N) is 1. The van der Waals surface area contributed by atoms with E-state index in [2.05, 4.69) is 39.5 Å². The lowest BCUT2D eigenvalue weighted by atomic mass is 10.1. The molecule has 1 unspecified atom stereocenters. The summed E-state index contributed by atoms with van der Waals surface area (Å²) in [6, 6.07) is 8.34. The van der Waals surface area contributed by atoms with Crippen molar-refractivity contribution in [1.82, 2.24) is 19.8 Å². The number of hydrogen-bond donors (Lipinski definition) is 2. The summed E-state index contributed by atoms with van der Waals surface area (Å²) >= 11 is 0. The van der Waals surface area contributed by atoms with Crippen molar-refractivity contribution in [2.45, 2.75) is 19.1 Å². The molecule has 0 bridgehead atoms. The summed E-state index contributed by atoms with van der Waals surface area (Å²) in [5, 5.41) is 13.9. The van der Waals surface area contributed by atoms with Crippen molar-refractivity contribution in [3.63, 3.8) is 0 Å². The fraction of sp³-hybridized carbons (Fsp3) is 0.500. The molecule has 0 amide bonds. The minimum absolute atomic E-state index is 0.563. The molecule has 0 radical (unpaired) electrons. The maximum atomic E-state index is 10.6. The van der Waals surface area contributed by atoms with Gasteiger partial charge in [-0.1, -0.05) is 12.1 Å².